The van der Waals surface area contributed by atoms with Crippen LogP contribution in [-0.2, 0) is 6.42 Å². The standard InChI is InChI=1S/C13H12Cl2N2S/c1-2-3-10-12(16-7-17-13(10)18)9-5-4-8(14)6-11(9)15/h4-7H,2-3H2,1H3,(H,16,17,18). The van der Waals surface area contributed by atoms with E-state index < -0.39 is 0 Å². The summed E-state index contributed by atoms with van der Waals surface area (Å²) in [6.45, 7) is 2.11. The fourth-order valence-corrected chi connectivity index (χ4v) is 2.60. The summed E-state index contributed by atoms with van der Waals surface area (Å²) in [6, 6.07) is 5.44. The first kappa shape index (κ1) is 13.5. The molecule has 0 bridgehead atoms. The minimum absolute atomic E-state index is 0.608. The highest BCUT2D eigenvalue weighted by Gasteiger charge is 2.11. The Hall–Kier alpha value is -0.900. The van der Waals surface area contributed by atoms with Crippen molar-refractivity contribution in [1.29, 1.82) is 0 Å². The van der Waals surface area contributed by atoms with Crippen LogP contribution in [0.3, 0.4) is 0 Å². The molecule has 2 nitrogen and oxygen atoms in total. The van der Waals surface area contributed by atoms with Crippen LogP contribution in [0, 0.1) is 4.64 Å². The average Bonchev–Trinajstić information content (AvgIpc) is 2.32. The molecule has 1 heterocycles. The third-order valence-corrected chi connectivity index (χ3v) is 3.55. The van der Waals surface area contributed by atoms with Crippen LogP contribution in [0.5, 0.6) is 0 Å². The van der Waals surface area contributed by atoms with Gasteiger partial charge in [0.05, 0.1) is 17.0 Å². The van der Waals surface area contributed by atoms with Crippen molar-refractivity contribution in [2.45, 2.75) is 19.8 Å². The van der Waals surface area contributed by atoms with E-state index in [1.807, 2.05) is 12.1 Å². The molecule has 0 radical (unpaired) electrons. The molecule has 1 aromatic heterocycles. The largest absolute Gasteiger partial charge is 0.345 e. The molecular weight excluding hydrogens is 287 g/mol. The smallest absolute Gasteiger partial charge is 0.133 e. The number of nitrogens with zero attached hydrogens (tertiary/aromatic N) is 1. The predicted octanol–water partition coefficient (Wildman–Crippen LogP) is 5.07. The maximum atomic E-state index is 6.23. The molecule has 94 valence electrons. The molecule has 0 aliphatic rings. The molecule has 0 aliphatic heterocycles. The highest BCUT2D eigenvalue weighted by Crippen LogP contribution is 2.31. The molecule has 0 saturated heterocycles. The van der Waals surface area contributed by atoms with Crippen molar-refractivity contribution in [2.75, 3.05) is 0 Å². The third-order valence-electron chi connectivity index (χ3n) is 2.65. The number of benzene rings is 1. The summed E-state index contributed by atoms with van der Waals surface area (Å²) in [5, 5.41) is 1.23. The van der Waals surface area contributed by atoms with Crippen LogP contribution < -0.4 is 0 Å². The molecule has 0 saturated carbocycles. The Morgan fingerprint density at radius 3 is 2.78 bits per heavy atom. The number of aromatic amines is 1. The lowest BCUT2D eigenvalue weighted by Gasteiger charge is -2.10. The number of H-pyrrole nitrogens is 1. The lowest BCUT2D eigenvalue weighted by molar-refractivity contribution is 0.898. The van der Waals surface area contributed by atoms with Gasteiger partial charge in [0.1, 0.15) is 4.64 Å². The monoisotopic (exact) mass is 298 g/mol. The molecule has 0 aliphatic carbocycles. The number of rotatable bonds is 3. The van der Waals surface area contributed by atoms with E-state index in [-0.39, 0.29) is 0 Å². The van der Waals surface area contributed by atoms with E-state index in [0.29, 0.717) is 14.7 Å². The molecule has 18 heavy (non-hydrogen) atoms. The van der Waals surface area contributed by atoms with E-state index >= 15 is 0 Å². The zero-order valence-electron chi connectivity index (χ0n) is 9.84. The van der Waals surface area contributed by atoms with Crippen LogP contribution in [0.2, 0.25) is 10.0 Å². The summed E-state index contributed by atoms with van der Waals surface area (Å²) < 4.78 is 0.622. The van der Waals surface area contributed by atoms with Gasteiger partial charge in [-0.05, 0) is 24.6 Å². The van der Waals surface area contributed by atoms with Crippen molar-refractivity contribution in [3.05, 3.63) is 44.8 Å². The second-order valence-corrected chi connectivity index (χ2v) is 5.17. The van der Waals surface area contributed by atoms with Crippen molar-refractivity contribution in [1.82, 2.24) is 9.97 Å². The van der Waals surface area contributed by atoms with E-state index in [2.05, 4.69) is 16.9 Å². The minimum atomic E-state index is 0.608. The van der Waals surface area contributed by atoms with E-state index in [9.17, 15) is 0 Å². The maximum absolute atomic E-state index is 6.23. The van der Waals surface area contributed by atoms with Gasteiger partial charge in [0.25, 0.3) is 0 Å². The maximum Gasteiger partial charge on any atom is 0.133 e. The molecule has 5 heteroatoms. The lowest BCUT2D eigenvalue weighted by Crippen LogP contribution is -1.97. The van der Waals surface area contributed by atoms with Gasteiger partial charge in [0.2, 0.25) is 0 Å². The number of hydrogen-bond acceptors (Lipinski definition) is 2. The van der Waals surface area contributed by atoms with Crippen LogP contribution in [0.4, 0.5) is 0 Å². The van der Waals surface area contributed by atoms with Gasteiger partial charge in [-0.3, -0.25) is 0 Å². The van der Waals surface area contributed by atoms with E-state index in [1.54, 1.807) is 12.4 Å². The fraction of sp³-hybridized carbons (Fsp3) is 0.231. The Kier molecular flexibility index (Phi) is 4.38. The van der Waals surface area contributed by atoms with E-state index in [0.717, 1.165) is 29.7 Å². The summed E-state index contributed by atoms with van der Waals surface area (Å²) in [4.78, 5) is 7.26. The Bertz CT molecular complexity index is 623. The van der Waals surface area contributed by atoms with E-state index in [1.165, 1.54) is 0 Å². The molecule has 0 spiro atoms. The number of hydrogen-bond donors (Lipinski definition) is 1. The van der Waals surface area contributed by atoms with Crippen molar-refractivity contribution in [2.24, 2.45) is 0 Å². The van der Waals surface area contributed by atoms with Gasteiger partial charge < -0.3 is 4.98 Å². The van der Waals surface area contributed by atoms with Crippen molar-refractivity contribution < 1.29 is 0 Å². The molecule has 1 N–H and O–H groups in total. The minimum Gasteiger partial charge on any atom is -0.345 e. The highest BCUT2D eigenvalue weighted by atomic mass is 35.5. The van der Waals surface area contributed by atoms with Gasteiger partial charge in [0, 0.05) is 16.1 Å². The Balaban J connectivity index is 2.63. The number of nitrogens with one attached hydrogen (secondary N) is 1. The van der Waals surface area contributed by atoms with Crippen LogP contribution in [0.1, 0.15) is 18.9 Å². The molecule has 0 atom stereocenters. The first-order chi connectivity index (χ1) is 8.63. The summed E-state index contributed by atoms with van der Waals surface area (Å²) in [7, 11) is 0. The molecule has 0 unspecified atom stereocenters. The second-order valence-electron chi connectivity index (χ2n) is 3.94. The van der Waals surface area contributed by atoms with Crippen molar-refractivity contribution >= 4 is 35.4 Å². The normalized spacial score (nSPS) is 10.6. The van der Waals surface area contributed by atoms with Crippen LogP contribution in [0.25, 0.3) is 11.3 Å². The Morgan fingerprint density at radius 1 is 1.33 bits per heavy atom. The van der Waals surface area contributed by atoms with E-state index in [4.69, 9.17) is 35.4 Å². The average molecular weight is 299 g/mol. The summed E-state index contributed by atoms with van der Waals surface area (Å²) >= 11 is 17.4. The van der Waals surface area contributed by atoms with Gasteiger partial charge in [-0.25, -0.2) is 4.98 Å². The molecule has 0 fully saturated rings. The van der Waals surface area contributed by atoms with Crippen LogP contribution in [0.15, 0.2) is 24.5 Å². The quantitative estimate of drug-likeness (QED) is 0.802. The SMILES string of the molecule is CCCc1c(-c2ccc(Cl)cc2Cl)[nH]cnc1=S. The van der Waals surface area contributed by atoms with Crippen molar-refractivity contribution in [3.8, 4) is 11.3 Å². The lowest BCUT2D eigenvalue weighted by atomic mass is 10.0. The van der Waals surface area contributed by atoms with Gasteiger partial charge in [-0.15, -0.1) is 0 Å². The topological polar surface area (TPSA) is 28.7 Å². The summed E-state index contributed by atoms with van der Waals surface area (Å²) in [5.41, 5.74) is 2.86. The second kappa shape index (κ2) is 5.83. The summed E-state index contributed by atoms with van der Waals surface area (Å²) in [5.74, 6) is 0. The number of halogens is 2. The highest BCUT2D eigenvalue weighted by molar-refractivity contribution is 7.71. The first-order valence-electron chi connectivity index (χ1n) is 5.65. The molecule has 2 rings (SSSR count). The fourth-order valence-electron chi connectivity index (χ4n) is 1.84. The van der Waals surface area contributed by atoms with Gasteiger partial charge >= 0.3 is 0 Å². The zero-order valence-corrected chi connectivity index (χ0v) is 12.2. The third kappa shape index (κ3) is 2.74. The van der Waals surface area contributed by atoms with Crippen molar-refractivity contribution in [3.63, 3.8) is 0 Å². The number of aromatic nitrogens is 2. The van der Waals surface area contributed by atoms with Crippen LogP contribution >= 0.6 is 35.4 Å². The molecule has 1 aromatic carbocycles. The Morgan fingerprint density at radius 2 is 2.11 bits per heavy atom. The first-order valence-corrected chi connectivity index (χ1v) is 6.82. The van der Waals surface area contributed by atoms with Gasteiger partial charge in [-0.2, -0.15) is 0 Å². The zero-order chi connectivity index (χ0) is 13.1. The molecular formula is C13H12Cl2N2S. The predicted molar refractivity (Wildman–Crippen MR) is 78.9 cm³/mol. The molecule has 0 amide bonds. The molecule has 2 aromatic rings. The van der Waals surface area contributed by atoms with Gasteiger partial charge in [-0.1, -0.05) is 48.8 Å². The summed E-state index contributed by atoms with van der Waals surface area (Å²) in [6.07, 6.45) is 3.47. The van der Waals surface area contributed by atoms with Crippen LogP contribution in [-0.4, -0.2) is 9.97 Å². The van der Waals surface area contributed by atoms with Gasteiger partial charge in [0.15, 0.2) is 0 Å². The Labute approximate surface area is 121 Å².